The second-order valence-corrected chi connectivity index (χ2v) is 6.09. The summed E-state index contributed by atoms with van der Waals surface area (Å²) in [4.78, 5) is 4.62. The molecule has 0 unspecified atom stereocenters. The predicted molar refractivity (Wildman–Crippen MR) is 110 cm³/mol. The molecule has 0 saturated carbocycles. The highest BCUT2D eigenvalue weighted by Gasteiger charge is 2.11. The average Bonchev–Trinajstić information content (AvgIpc) is 2.74. The van der Waals surface area contributed by atoms with Gasteiger partial charge in [0.15, 0.2) is 0 Å². The Labute approximate surface area is 154 Å². The fraction of sp³-hybridized carbons (Fsp3) is 0. The van der Waals surface area contributed by atoms with Crippen LogP contribution >= 0.6 is 0 Å². The third-order valence-electron chi connectivity index (χ3n) is 4.36. The lowest BCUT2D eigenvalue weighted by Gasteiger charge is -2.13. The molecule has 0 spiro atoms. The van der Waals surface area contributed by atoms with Crippen LogP contribution in [0.3, 0.4) is 0 Å². The van der Waals surface area contributed by atoms with Crippen LogP contribution in [0.2, 0.25) is 0 Å². The number of hydrogen-bond donors (Lipinski definition) is 0. The fourth-order valence-corrected chi connectivity index (χ4v) is 3.11. The lowest BCUT2D eigenvalue weighted by atomic mass is 9.92. The highest BCUT2D eigenvalue weighted by Crippen LogP contribution is 2.34. The summed E-state index contributed by atoms with van der Waals surface area (Å²) in [6.07, 6.45) is 6.17. The molecule has 0 atom stereocenters. The van der Waals surface area contributed by atoms with Gasteiger partial charge >= 0.3 is 0 Å². The number of aromatic nitrogens is 1. The van der Waals surface area contributed by atoms with Gasteiger partial charge in [-0.1, -0.05) is 97.1 Å². The highest BCUT2D eigenvalue weighted by atomic mass is 14.7. The maximum atomic E-state index is 4.62. The van der Waals surface area contributed by atoms with Crippen molar-refractivity contribution in [3.63, 3.8) is 0 Å². The first-order valence-electron chi connectivity index (χ1n) is 8.75. The van der Waals surface area contributed by atoms with Crippen molar-refractivity contribution < 1.29 is 0 Å². The molecular formula is C25H19N. The molecule has 0 radical (unpaired) electrons. The first-order valence-corrected chi connectivity index (χ1v) is 8.75. The minimum absolute atomic E-state index is 0.986. The molecule has 4 rings (SSSR count). The highest BCUT2D eigenvalue weighted by molar-refractivity contribution is 5.90. The summed E-state index contributed by atoms with van der Waals surface area (Å²) < 4.78 is 0. The molecule has 124 valence electrons. The molecule has 0 aliphatic carbocycles. The monoisotopic (exact) mass is 333 g/mol. The van der Waals surface area contributed by atoms with Crippen LogP contribution in [0.4, 0.5) is 0 Å². The lowest BCUT2D eigenvalue weighted by Crippen LogP contribution is -1.91. The van der Waals surface area contributed by atoms with Crippen molar-refractivity contribution in [2.45, 2.75) is 0 Å². The van der Waals surface area contributed by atoms with E-state index in [2.05, 4.69) is 89.9 Å². The number of hydrogen-bond acceptors (Lipinski definition) is 1. The molecule has 0 fully saturated rings. The largest absolute Gasteiger partial charge is 0.256 e. The van der Waals surface area contributed by atoms with Crippen molar-refractivity contribution in [2.75, 3.05) is 0 Å². The molecule has 0 bridgehead atoms. The Morgan fingerprint density at radius 2 is 1.31 bits per heavy atom. The van der Waals surface area contributed by atoms with Crippen LogP contribution in [0.1, 0.15) is 11.1 Å². The van der Waals surface area contributed by atoms with E-state index in [9.17, 15) is 0 Å². The van der Waals surface area contributed by atoms with E-state index in [0.29, 0.717) is 0 Å². The Balaban J connectivity index is 1.88. The van der Waals surface area contributed by atoms with Crippen LogP contribution in [0.25, 0.3) is 34.5 Å². The second-order valence-electron chi connectivity index (χ2n) is 6.09. The van der Waals surface area contributed by atoms with Crippen molar-refractivity contribution in [1.29, 1.82) is 0 Å². The van der Waals surface area contributed by atoms with Crippen LogP contribution < -0.4 is 0 Å². The minimum atomic E-state index is 0.986. The minimum Gasteiger partial charge on any atom is -0.256 e. The Bertz CT molecular complexity index is 1000. The van der Waals surface area contributed by atoms with E-state index in [0.717, 1.165) is 16.8 Å². The number of benzene rings is 3. The first kappa shape index (κ1) is 16.0. The van der Waals surface area contributed by atoms with Gasteiger partial charge in [-0.15, -0.1) is 0 Å². The van der Waals surface area contributed by atoms with Gasteiger partial charge in [0.25, 0.3) is 0 Å². The molecule has 0 saturated heterocycles. The zero-order valence-corrected chi connectivity index (χ0v) is 14.4. The van der Waals surface area contributed by atoms with Gasteiger partial charge in [-0.25, -0.2) is 0 Å². The Morgan fingerprint density at radius 3 is 2.04 bits per heavy atom. The van der Waals surface area contributed by atoms with E-state index in [1.807, 2.05) is 30.5 Å². The van der Waals surface area contributed by atoms with E-state index in [1.54, 1.807) is 0 Å². The molecule has 1 heteroatoms. The van der Waals surface area contributed by atoms with Crippen molar-refractivity contribution in [2.24, 2.45) is 0 Å². The van der Waals surface area contributed by atoms with E-state index in [4.69, 9.17) is 0 Å². The van der Waals surface area contributed by atoms with Crippen molar-refractivity contribution in [3.8, 4) is 22.4 Å². The summed E-state index contributed by atoms with van der Waals surface area (Å²) in [5.41, 5.74) is 6.88. The number of nitrogens with zero attached hydrogens (tertiary/aromatic N) is 1. The topological polar surface area (TPSA) is 12.9 Å². The molecule has 3 aromatic carbocycles. The van der Waals surface area contributed by atoms with Gasteiger partial charge in [0.2, 0.25) is 0 Å². The Hall–Kier alpha value is -3.45. The summed E-state index contributed by atoms with van der Waals surface area (Å²) in [7, 11) is 0. The summed E-state index contributed by atoms with van der Waals surface area (Å²) >= 11 is 0. The summed E-state index contributed by atoms with van der Waals surface area (Å²) in [6, 6.07) is 33.3. The van der Waals surface area contributed by atoms with E-state index < -0.39 is 0 Å². The third-order valence-corrected chi connectivity index (χ3v) is 4.36. The average molecular weight is 333 g/mol. The van der Waals surface area contributed by atoms with Crippen LogP contribution in [0, 0.1) is 0 Å². The quantitative estimate of drug-likeness (QED) is 0.384. The fourth-order valence-electron chi connectivity index (χ4n) is 3.11. The van der Waals surface area contributed by atoms with Gasteiger partial charge < -0.3 is 0 Å². The standard InChI is InChI=1S/C25H19N/c1-3-10-20(11-4-1)17-18-22-14-9-15-23(21-12-5-2-6-13-21)25(22)24-16-7-8-19-26-24/h1-19H/b18-17+. The third kappa shape index (κ3) is 3.47. The molecule has 0 aliphatic rings. The molecule has 26 heavy (non-hydrogen) atoms. The van der Waals surface area contributed by atoms with Gasteiger partial charge in [0.05, 0.1) is 5.69 Å². The van der Waals surface area contributed by atoms with Gasteiger partial charge in [0.1, 0.15) is 0 Å². The lowest BCUT2D eigenvalue weighted by molar-refractivity contribution is 1.32. The molecule has 1 aromatic heterocycles. The van der Waals surface area contributed by atoms with Gasteiger partial charge in [0, 0.05) is 11.8 Å². The van der Waals surface area contributed by atoms with Gasteiger partial charge in [-0.3, -0.25) is 4.98 Å². The van der Waals surface area contributed by atoms with Crippen LogP contribution in [-0.2, 0) is 0 Å². The Morgan fingerprint density at radius 1 is 0.577 bits per heavy atom. The van der Waals surface area contributed by atoms with Gasteiger partial charge in [-0.2, -0.15) is 0 Å². The number of rotatable bonds is 4. The van der Waals surface area contributed by atoms with Crippen LogP contribution in [0.5, 0.6) is 0 Å². The van der Waals surface area contributed by atoms with Crippen LogP contribution in [0.15, 0.2) is 103 Å². The zero-order valence-electron chi connectivity index (χ0n) is 14.4. The second kappa shape index (κ2) is 7.62. The summed E-state index contributed by atoms with van der Waals surface area (Å²) in [5, 5.41) is 0. The van der Waals surface area contributed by atoms with Gasteiger partial charge in [-0.05, 0) is 34.4 Å². The SMILES string of the molecule is C(=C\c1cccc(-c2ccccc2)c1-c1ccccn1)/c1ccccc1. The van der Waals surface area contributed by atoms with E-state index in [1.165, 1.54) is 16.7 Å². The number of pyridine rings is 1. The Kier molecular flexibility index (Phi) is 4.70. The molecule has 0 aliphatic heterocycles. The van der Waals surface area contributed by atoms with Crippen molar-refractivity contribution >= 4 is 12.2 Å². The predicted octanol–water partition coefficient (Wildman–Crippen LogP) is 6.59. The molecule has 1 nitrogen and oxygen atoms in total. The molecular weight excluding hydrogens is 314 g/mol. The van der Waals surface area contributed by atoms with Crippen molar-refractivity contribution in [3.05, 3.63) is 114 Å². The molecule has 1 heterocycles. The molecule has 0 amide bonds. The first-order chi connectivity index (χ1) is 12.9. The van der Waals surface area contributed by atoms with E-state index in [-0.39, 0.29) is 0 Å². The normalized spacial score (nSPS) is 10.9. The van der Waals surface area contributed by atoms with Crippen LogP contribution in [-0.4, -0.2) is 4.98 Å². The molecule has 4 aromatic rings. The maximum absolute atomic E-state index is 4.62. The zero-order chi connectivity index (χ0) is 17.6. The molecule has 0 N–H and O–H groups in total. The summed E-state index contributed by atoms with van der Waals surface area (Å²) in [5.74, 6) is 0. The smallest absolute Gasteiger partial charge is 0.0714 e. The summed E-state index contributed by atoms with van der Waals surface area (Å²) in [6.45, 7) is 0. The van der Waals surface area contributed by atoms with E-state index >= 15 is 0 Å². The van der Waals surface area contributed by atoms with Crippen molar-refractivity contribution in [1.82, 2.24) is 4.98 Å². The maximum Gasteiger partial charge on any atom is 0.0714 e.